The van der Waals surface area contributed by atoms with Crippen LogP contribution in [0.4, 0.5) is 5.69 Å². The lowest BCUT2D eigenvalue weighted by molar-refractivity contribution is -0.117. The smallest absolute Gasteiger partial charge is 0.238 e. The third-order valence-corrected chi connectivity index (χ3v) is 4.80. The van der Waals surface area contributed by atoms with E-state index in [0.29, 0.717) is 22.8 Å². The summed E-state index contributed by atoms with van der Waals surface area (Å²) in [5.41, 5.74) is 2.54. The van der Waals surface area contributed by atoms with Crippen molar-refractivity contribution in [2.45, 2.75) is 6.54 Å². The van der Waals surface area contributed by atoms with Gasteiger partial charge in [0.25, 0.3) is 0 Å². The number of piperazine rings is 1. The number of nitriles is 1. The van der Waals surface area contributed by atoms with Gasteiger partial charge in [-0.05, 0) is 29.8 Å². The zero-order valence-corrected chi connectivity index (χ0v) is 15.2. The molecule has 1 aliphatic rings. The van der Waals surface area contributed by atoms with Crippen LogP contribution in [-0.2, 0) is 11.3 Å². The molecule has 0 unspecified atom stereocenters. The highest BCUT2D eigenvalue weighted by molar-refractivity contribution is 6.33. The van der Waals surface area contributed by atoms with E-state index in [1.807, 2.05) is 36.4 Å². The molecule has 1 saturated heterocycles. The van der Waals surface area contributed by atoms with Crippen molar-refractivity contribution < 1.29 is 4.79 Å². The summed E-state index contributed by atoms with van der Waals surface area (Å²) in [5.74, 6) is -0.0429. The van der Waals surface area contributed by atoms with Crippen molar-refractivity contribution >= 4 is 23.2 Å². The number of carbonyl (C=O) groups is 1. The largest absolute Gasteiger partial charge is 0.324 e. The second-order valence-electron chi connectivity index (χ2n) is 6.39. The molecule has 0 aromatic heterocycles. The van der Waals surface area contributed by atoms with E-state index in [9.17, 15) is 4.79 Å². The maximum absolute atomic E-state index is 12.2. The van der Waals surface area contributed by atoms with E-state index < -0.39 is 0 Å². The van der Waals surface area contributed by atoms with Crippen molar-refractivity contribution in [3.05, 3.63) is 64.7 Å². The minimum absolute atomic E-state index is 0.0429. The van der Waals surface area contributed by atoms with Gasteiger partial charge in [-0.2, -0.15) is 5.26 Å². The van der Waals surface area contributed by atoms with Crippen LogP contribution in [-0.4, -0.2) is 48.4 Å². The van der Waals surface area contributed by atoms with Crippen LogP contribution in [0.2, 0.25) is 5.02 Å². The van der Waals surface area contributed by atoms with Gasteiger partial charge in [-0.25, -0.2) is 0 Å². The molecule has 2 aromatic rings. The number of nitrogens with one attached hydrogen (secondary N) is 1. The van der Waals surface area contributed by atoms with Crippen molar-refractivity contribution in [2.75, 3.05) is 38.0 Å². The highest BCUT2D eigenvalue weighted by Crippen LogP contribution is 2.20. The van der Waals surface area contributed by atoms with E-state index >= 15 is 0 Å². The van der Waals surface area contributed by atoms with Crippen molar-refractivity contribution in [2.24, 2.45) is 0 Å². The summed E-state index contributed by atoms with van der Waals surface area (Å²) in [6, 6.07) is 17.1. The highest BCUT2D eigenvalue weighted by Gasteiger charge is 2.19. The summed E-state index contributed by atoms with van der Waals surface area (Å²) in [6.07, 6.45) is 0. The van der Waals surface area contributed by atoms with Crippen LogP contribution in [0.15, 0.2) is 48.5 Å². The van der Waals surface area contributed by atoms with Gasteiger partial charge < -0.3 is 5.32 Å². The fraction of sp³-hybridized carbons (Fsp3) is 0.300. The molecule has 26 heavy (non-hydrogen) atoms. The van der Waals surface area contributed by atoms with Crippen LogP contribution >= 0.6 is 11.6 Å². The summed E-state index contributed by atoms with van der Waals surface area (Å²) in [5, 5.41) is 12.3. The SMILES string of the molecule is N#Cc1ccc(CN2CCN(CC(=O)Nc3ccccc3Cl)CC2)cc1. The van der Waals surface area contributed by atoms with Crippen molar-refractivity contribution in [3.8, 4) is 6.07 Å². The van der Waals surface area contributed by atoms with Crippen LogP contribution in [0.5, 0.6) is 0 Å². The Bertz CT molecular complexity index is 792. The normalized spacial score (nSPS) is 15.4. The number of hydrogen-bond acceptors (Lipinski definition) is 4. The number of carbonyl (C=O) groups excluding carboxylic acids is 1. The van der Waals surface area contributed by atoms with Gasteiger partial charge in [0.05, 0.1) is 28.9 Å². The predicted octanol–water partition coefficient (Wildman–Crippen LogP) is 2.97. The van der Waals surface area contributed by atoms with E-state index in [-0.39, 0.29) is 5.91 Å². The number of para-hydroxylation sites is 1. The van der Waals surface area contributed by atoms with Gasteiger partial charge >= 0.3 is 0 Å². The molecule has 0 spiro atoms. The first kappa shape index (κ1) is 18.4. The molecule has 0 aliphatic carbocycles. The Hall–Kier alpha value is -2.39. The Kier molecular flexibility index (Phi) is 6.24. The molecule has 3 rings (SSSR count). The summed E-state index contributed by atoms with van der Waals surface area (Å²) in [7, 11) is 0. The molecule has 1 fully saturated rings. The molecular formula is C20H21ClN4O. The monoisotopic (exact) mass is 368 g/mol. The molecule has 0 saturated carbocycles. The summed E-state index contributed by atoms with van der Waals surface area (Å²) in [6.45, 7) is 4.78. The minimum atomic E-state index is -0.0429. The molecule has 134 valence electrons. The number of benzene rings is 2. The van der Waals surface area contributed by atoms with E-state index in [4.69, 9.17) is 16.9 Å². The zero-order chi connectivity index (χ0) is 18.4. The fourth-order valence-electron chi connectivity index (χ4n) is 3.00. The maximum atomic E-state index is 12.2. The Morgan fingerprint density at radius 2 is 1.69 bits per heavy atom. The second kappa shape index (κ2) is 8.81. The second-order valence-corrected chi connectivity index (χ2v) is 6.80. The van der Waals surface area contributed by atoms with Crippen LogP contribution < -0.4 is 5.32 Å². The standard InChI is InChI=1S/C20H21ClN4O/c21-18-3-1-2-4-19(18)23-20(26)15-25-11-9-24(10-12-25)14-17-7-5-16(13-22)6-8-17/h1-8H,9-12,14-15H2,(H,23,26). The van der Waals surface area contributed by atoms with Crippen LogP contribution in [0, 0.1) is 11.3 Å². The molecule has 0 atom stereocenters. The van der Waals surface area contributed by atoms with Gasteiger partial charge in [-0.15, -0.1) is 0 Å². The molecule has 2 aromatic carbocycles. The molecule has 0 bridgehead atoms. The summed E-state index contributed by atoms with van der Waals surface area (Å²) < 4.78 is 0. The average Bonchev–Trinajstić information content (AvgIpc) is 2.66. The Morgan fingerprint density at radius 3 is 2.35 bits per heavy atom. The van der Waals surface area contributed by atoms with Crippen LogP contribution in [0.3, 0.4) is 0 Å². The molecule has 0 radical (unpaired) electrons. The first-order valence-electron chi connectivity index (χ1n) is 8.62. The lowest BCUT2D eigenvalue weighted by Gasteiger charge is -2.34. The van der Waals surface area contributed by atoms with Gasteiger partial charge in [0.2, 0.25) is 5.91 Å². The number of amides is 1. The molecule has 1 amide bonds. The molecule has 6 heteroatoms. The van der Waals surface area contributed by atoms with Crippen molar-refractivity contribution in [1.29, 1.82) is 5.26 Å². The van der Waals surface area contributed by atoms with Gasteiger partial charge in [0.1, 0.15) is 0 Å². The highest BCUT2D eigenvalue weighted by atomic mass is 35.5. The lowest BCUT2D eigenvalue weighted by atomic mass is 10.1. The number of halogens is 1. The fourth-order valence-corrected chi connectivity index (χ4v) is 3.19. The van der Waals surface area contributed by atoms with Crippen molar-refractivity contribution in [1.82, 2.24) is 9.80 Å². The van der Waals surface area contributed by atoms with Gasteiger partial charge in [0.15, 0.2) is 0 Å². The molecular weight excluding hydrogens is 348 g/mol. The molecule has 5 nitrogen and oxygen atoms in total. The third kappa shape index (κ3) is 5.06. The number of hydrogen-bond donors (Lipinski definition) is 1. The van der Waals surface area contributed by atoms with E-state index in [1.54, 1.807) is 12.1 Å². The molecule has 1 N–H and O–H groups in total. The lowest BCUT2D eigenvalue weighted by Crippen LogP contribution is -2.48. The Balaban J connectivity index is 1.44. The van der Waals surface area contributed by atoms with Crippen LogP contribution in [0.25, 0.3) is 0 Å². The van der Waals surface area contributed by atoms with E-state index in [1.165, 1.54) is 5.56 Å². The third-order valence-electron chi connectivity index (χ3n) is 4.47. The zero-order valence-electron chi connectivity index (χ0n) is 14.5. The van der Waals surface area contributed by atoms with Crippen LogP contribution in [0.1, 0.15) is 11.1 Å². The quantitative estimate of drug-likeness (QED) is 0.881. The first-order valence-corrected chi connectivity index (χ1v) is 9.00. The molecule has 1 aliphatic heterocycles. The first-order chi connectivity index (χ1) is 12.6. The molecule has 1 heterocycles. The number of nitrogens with zero attached hydrogens (tertiary/aromatic N) is 3. The minimum Gasteiger partial charge on any atom is -0.324 e. The number of anilines is 1. The topological polar surface area (TPSA) is 59.4 Å². The summed E-state index contributed by atoms with van der Waals surface area (Å²) in [4.78, 5) is 16.7. The van der Waals surface area contributed by atoms with Gasteiger partial charge in [-0.3, -0.25) is 14.6 Å². The van der Waals surface area contributed by atoms with Gasteiger partial charge in [-0.1, -0.05) is 35.9 Å². The summed E-state index contributed by atoms with van der Waals surface area (Å²) >= 11 is 6.07. The van der Waals surface area contributed by atoms with Crippen molar-refractivity contribution in [3.63, 3.8) is 0 Å². The predicted molar refractivity (Wildman–Crippen MR) is 103 cm³/mol. The maximum Gasteiger partial charge on any atom is 0.238 e. The Labute approximate surface area is 158 Å². The van der Waals surface area contributed by atoms with E-state index in [2.05, 4.69) is 21.2 Å². The average molecular weight is 369 g/mol. The van der Waals surface area contributed by atoms with E-state index in [0.717, 1.165) is 32.7 Å². The Morgan fingerprint density at radius 1 is 1.04 bits per heavy atom. The number of rotatable bonds is 5. The van der Waals surface area contributed by atoms with Gasteiger partial charge in [0, 0.05) is 32.7 Å².